The summed E-state index contributed by atoms with van der Waals surface area (Å²) in [5, 5.41) is 0. The molecule has 0 bridgehead atoms. The maximum atomic E-state index is 6.32. The standard InChI is InChI=1S/C23H32O5/c1-23-12-11-19(28-22(23)6-4-14-27-23)15-21-20(5-3-13-25-21)26-16-17-7-9-18(24-2)10-8-17/h7-11,20-22H,3-6,12-16H2,1-2H3/t20-,21+,22+,23-/m0/s1. The van der Waals surface area contributed by atoms with Gasteiger partial charge in [-0.25, -0.2) is 0 Å². The summed E-state index contributed by atoms with van der Waals surface area (Å²) in [6.45, 7) is 4.39. The second-order valence-corrected chi connectivity index (χ2v) is 8.24. The van der Waals surface area contributed by atoms with Gasteiger partial charge in [0.05, 0.1) is 31.7 Å². The van der Waals surface area contributed by atoms with Gasteiger partial charge in [-0.05, 0) is 56.4 Å². The van der Waals surface area contributed by atoms with Gasteiger partial charge in [0.2, 0.25) is 0 Å². The molecule has 0 spiro atoms. The molecule has 4 rings (SSSR count). The fourth-order valence-corrected chi connectivity index (χ4v) is 4.34. The summed E-state index contributed by atoms with van der Waals surface area (Å²) in [5.74, 6) is 1.90. The van der Waals surface area contributed by atoms with Gasteiger partial charge in [0.25, 0.3) is 0 Å². The zero-order valence-electron chi connectivity index (χ0n) is 17.0. The van der Waals surface area contributed by atoms with Gasteiger partial charge in [-0.1, -0.05) is 12.1 Å². The van der Waals surface area contributed by atoms with E-state index in [0.717, 1.165) is 68.8 Å². The number of hydrogen-bond acceptors (Lipinski definition) is 5. The molecule has 2 saturated heterocycles. The van der Waals surface area contributed by atoms with Gasteiger partial charge < -0.3 is 23.7 Å². The Balaban J connectivity index is 1.34. The fourth-order valence-electron chi connectivity index (χ4n) is 4.34. The zero-order chi connectivity index (χ0) is 19.4. The Hall–Kier alpha value is -1.56. The van der Waals surface area contributed by atoms with Crippen molar-refractivity contribution in [3.8, 4) is 5.75 Å². The normalized spacial score (nSPS) is 32.8. The quantitative estimate of drug-likeness (QED) is 0.723. The molecule has 0 aliphatic carbocycles. The second kappa shape index (κ2) is 8.85. The number of fused-ring (bicyclic) bond motifs is 1. The Kier molecular flexibility index (Phi) is 6.24. The third-order valence-electron chi connectivity index (χ3n) is 6.16. The van der Waals surface area contributed by atoms with Crippen molar-refractivity contribution in [2.75, 3.05) is 20.3 Å². The van der Waals surface area contributed by atoms with Crippen LogP contribution in [-0.4, -0.2) is 44.2 Å². The molecule has 5 nitrogen and oxygen atoms in total. The smallest absolute Gasteiger partial charge is 0.127 e. The van der Waals surface area contributed by atoms with E-state index in [9.17, 15) is 0 Å². The van der Waals surface area contributed by atoms with Gasteiger partial charge in [0, 0.05) is 26.1 Å². The van der Waals surface area contributed by atoms with E-state index in [-0.39, 0.29) is 23.9 Å². The van der Waals surface area contributed by atoms with Gasteiger partial charge >= 0.3 is 0 Å². The topological polar surface area (TPSA) is 46.2 Å². The first-order valence-electron chi connectivity index (χ1n) is 10.5. The Morgan fingerprint density at radius 3 is 2.75 bits per heavy atom. The van der Waals surface area contributed by atoms with E-state index in [2.05, 4.69) is 13.0 Å². The van der Waals surface area contributed by atoms with Crippen LogP contribution in [0, 0.1) is 0 Å². The summed E-state index contributed by atoms with van der Waals surface area (Å²) in [7, 11) is 1.68. The van der Waals surface area contributed by atoms with E-state index < -0.39 is 0 Å². The fraction of sp³-hybridized carbons (Fsp3) is 0.652. The Morgan fingerprint density at radius 2 is 1.93 bits per heavy atom. The van der Waals surface area contributed by atoms with Gasteiger partial charge in [-0.15, -0.1) is 0 Å². The molecule has 4 atom stereocenters. The van der Waals surface area contributed by atoms with E-state index in [1.165, 1.54) is 0 Å². The van der Waals surface area contributed by atoms with Crippen molar-refractivity contribution in [1.29, 1.82) is 0 Å². The number of methoxy groups -OCH3 is 1. The van der Waals surface area contributed by atoms with E-state index >= 15 is 0 Å². The molecule has 1 aromatic rings. The molecule has 3 aliphatic heterocycles. The summed E-state index contributed by atoms with van der Waals surface area (Å²) in [4.78, 5) is 0. The molecule has 0 N–H and O–H groups in total. The van der Waals surface area contributed by atoms with Crippen LogP contribution < -0.4 is 4.74 Å². The Bertz CT molecular complexity index is 670. The molecule has 0 saturated carbocycles. The summed E-state index contributed by atoms with van der Waals surface area (Å²) >= 11 is 0. The molecule has 28 heavy (non-hydrogen) atoms. The minimum atomic E-state index is -0.167. The van der Waals surface area contributed by atoms with Crippen LogP contribution in [0.4, 0.5) is 0 Å². The lowest BCUT2D eigenvalue weighted by molar-refractivity contribution is -0.166. The van der Waals surface area contributed by atoms with Crippen molar-refractivity contribution in [3.63, 3.8) is 0 Å². The molecular weight excluding hydrogens is 356 g/mol. The highest BCUT2D eigenvalue weighted by atomic mass is 16.6. The van der Waals surface area contributed by atoms with Gasteiger partial charge in [-0.2, -0.15) is 0 Å². The molecule has 0 unspecified atom stereocenters. The van der Waals surface area contributed by atoms with Crippen molar-refractivity contribution < 1.29 is 23.7 Å². The van der Waals surface area contributed by atoms with Crippen LogP contribution in [0.1, 0.15) is 51.0 Å². The third kappa shape index (κ3) is 4.53. The largest absolute Gasteiger partial charge is 0.497 e. The molecule has 0 aromatic heterocycles. The molecule has 0 radical (unpaired) electrons. The summed E-state index contributed by atoms with van der Waals surface area (Å²) in [6, 6.07) is 8.04. The molecule has 154 valence electrons. The molecular formula is C23H32O5. The predicted molar refractivity (Wildman–Crippen MR) is 106 cm³/mol. The van der Waals surface area contributed by atoms with Crippen LogP contribution in [0.15, 0.2) is 36.1 Å². The van der Waals surface area contributed by atoms with Crippen LogP contribution in [0.2, 0.25) is 0 Å². The van der Waals surface area contributed by atoms with Gasteiger partial charge in [0.1, 0.15) is 17.5 Å². The van der Waals surface area contributed by atoms with Crippen LogP contribution in [-0.2, 0) is 25.6 Å². The number of rotatable bonds is 6. The average Bonchev–Trinajstić information content (AvgIpc) is 2.73. The first-order valence-corrected chi connectivity index (χ1v) is 10.5. The van der Waals surface area contributed by atoms with Crippen molar-refractivity contribution in [3.05, 3.63) is 41.7 Å². The maximum Gasteiger partial charge on any atom is 0.127 e. The number of benzene rings is 1. The highest BCUT2D eigenvalue weighted by Gasteiger charge is 2.42. The van der Waals surface area contributed by atoms with Gasteiger partial charge in [0.15, 0.2) is 0 Å². The molecule has 1 aromatic carbocycles. The van der Waals surface area contributed by atoms with Crippen molar-refractivity contribution in [1.82, 2.24) is 0 Å². The SMILES string of the molecule is COc1ccc(CO[C@H]2CCCO[C@@H]2CC2=CC[C@]3(C)OCCC[C@H]3O2)cc1. The van der Waals surface area contributed by atoms with E-state index in [0.29, 0.717) is 6.61 Å². The maximum absolute atomic E-state index is 6.32. The molecule has 2 fully saturated rings. The summed E-state index contributed by atoms with van der Waals surface area (Å²) in [6.07, 6.45) is 8.39. The number of hydrogen-bond donors (Lipinski definition) is 0. The van der Waals surface area contributed by atoms with Crippen LogP contribution >= 0.6 is 0 Å². The molecule has 0 amide bonds. The monoisotopic (exact) mass is 388 g/mol. The highest BCUT2D eigenvalue weighted by molar-refractivity contribution is 5.26. The van der Waals surface area contributed by atoms with E-state index in [1.807, 2.05) is 24.3 Å². The van der Waals surface area contributed by atoms with Crippen molar-refractivity contribution >= 4 is 0 Å². The Labute approximate surface area is 167 Å². The van der Waals surface area contributed by atoms with Crippen molar-refractivity contribution in [2.24, 2.45) is 0 Å². The minimum absolute atomic E-state index is 0.0483. The average molecular weight is 389 g/mol. The lowest BCUT2D eigenvalue weighted by Crippen LogP contribution is -2.49. The molecule has 3 heterocycles. The van der Waals surface area contributed by atoms with Crippen LogP contribution in [0.25, 0.3) is 0 Å². The van der Waals surface area contributed by atoms with Crippen LogP contribution in [0.5, 0.6) is 5.75 Å². The third-order valence-corrected chi connectivity index (χ3v) is 6.16. The van der Waals surface area contributed by atoms with Gasteiger partial charge in [-0.3, -0.25) is 0 Å². The lowest BCUT2D eigenvalue weighted by atomic mass is 9.86. The summed E-state index contributed by atoms with van der Waals surface area (Å²) in [5.41, 5.74) is 0.979. The first-order chi connectivity index (χ1) is 13.7. The molecule has 3 aliphatic rings. The lowest BCUT2D eigenvalue weighted by Gasteiger charge is -2.44. The first kappa shape index (κ1) is 19.7. The zero-order valence-corrected chi connectivity index (χ0v) is 17.0. The minimum Gasteiger partial charge on any atom is -0.497 e. The van der Waals surface area contributed by atoms with E-state index in [1.54, 1.807) is 7.11 Å². The van der Waals surface area contributed by atoms with E-state index in [4.69, 9.17) is 23.7 Å². The van der Waals surface area contributed by atoms with Crippen molar-refractivity contribution in [2.45, 2.75) is 76.0 Å². The van der Waals surface area contributed by atoms with Crippen LogP contribution in [0.3, 0.4) is 0 Å². The number of ether oxygens (including phenoxy) is 5. The second-order valence-electron chi connectivity index (χ2n) is 8.24. The summed E-state index contributed by atoms with van der Waals surface area (Å²) < 4.78 is 29.9. The highest BCUT2D eigenvalue weighted by Crippen LogP contribution is 2.38. The Morgan fingerprint density at radius 1 is 1.11 bits per heavy atom. The predicted octanol–water partition coefficient (Wildman–Crippen LogP) is 4.39. The molecule has 5 heteroatoms.